The number of rotatable bonds is 5. The van der Waals surface area contributed by atoms with Gasteiger partial charge in [0.15, 0.2) is 18.1 Å². The lowest BCUT2D eigenvalue weighted by atomic mass is 10.2. The van der Waals surface area contributed by atoms with Gasteiger partial charge in [-0.3, -0.25) is 4.79 Å². The third-order valence-corrected chi connectivity index (χ3v) is 6.46. The van der Waals surface area contributed by atoms with E-state index in [4.69, 9.17) is 42.1 Å². The number of thiophene rings is 1. The second kappa shape index (κ2) is 8.59. The van der Waals surface area contributed by atoms with Crippen LogP contribution in [0, 0.1) is 0 Å². The average Bonchev–Trinajstić information content (AvgIpc) is 3.10. The quantitative estimate of drug-likeness (QED) is 0.543. The number of hydrogen-bond donors (Lipinski definition) is 1. The van der Waals surface area contributed by atoms with Crippen LogP contribution in [0.25, 0.3) is 10.1 Å². The summed E-state index contributed by atoms with van der Waals surface area (Å²) in [5.41, 5.74) is 0.499. The average molecular weight is 468 g/mol. The Balaban J connectivity index is 1.42. The van der Waals surface area contributed by atoms with Gasteiger partial charge in [0.25, 0.3) is 5.91 Å². The molecule has 0 unspecified atom stereocenters. The number of methoxy groups -OCH3 is 1. The van der Waals surface area contributed by atoms with Gasteiger partial charge in [-0.2, -0.15) is 0 Å². The van der Waals surface area contributed by atoms with E-state index in [1.807, 2.05) is 0 Å². The van der Waals surface area contributed by atoms with E-state index in [1.165, 1.54) is 7.11 Å². The van der Waals surface area contributed by atoms with Gasteiger partial charge in [-0.05, 0) is 24.3 Å². The molecule has 4 rings (SSSR count). The topological polar surface area (TPSA) is 83.1 Å². The van der Waals surface area contributed by atoms with E-state index in [2.05, 4.69) is 5.32 Å². The van der Waals surface area contributed by atoms with Crippen LogP contribution in [0.5, 0.6) is 17.2 Å². The van der Waals surface area contributed by atoms with E-state index in [1.54, 1.807) is 30.3 Å². The van der Waals surface area contributed by atoms with Crippen molar-refractivity contribution in [1.82, 2.24) is 0 Å². The largest absolute Gasteiger partial charge is 0.495 e. The number of fused-ring (bicyclic) bond motifs is 2. The molecule has 0 saturated heterocycles. The number of amides is 1. The van der Waals surface area contributed by atoms with Crippen LogP contribution in [0.2, 0.25) is 10.0 Å². The van der Waals surface area contributed by atoms with Crippen molar-refractivity contribution >= 4 is 62.2 Å². The zero-order chi connectivity index (χ0) is 21.3. The summed E-state index contributed by atoms with van der Waals surface area (Å²) in [4.78, 5) is 24.8. The highest BCUT2D eigenvalue weighted by molar-refractivity contribution is 7.22. The molecule has 0 bridgehead atoms. The summed E-state index contributed by atoms with van der Waals surface area (Å²) in [6.45, 7) is 0.440. The van der Waals surface area contributed by atoms with Crippen molar-refractivity contribution in [2.24, 2.45) is 0 Å². The molecule has 0 fully saturated rings. The van der Waals surface area contributed by atoms with Crippen LogP contribution < -0.4 is 19.5 Å². The Hall–Kier alpha value is -2.68. The maximum atomic E-state index is 12.5. The predicted molar refractivity (Wildman–Crippen MR) is 115 cm³/mol. The summed E-state index contributed by atoms with van der Waals surface area (Å²) in [6.07, 6.45) is 0. The number of ether oxygens (including phenoxy) is 4. The number of halogens is 2. The van der Waals surface area contributed by atoms with Crippen LogP contribution in [0.3, 0.4) is 0 Å². The first-order chi connectivity index (χ1) is 14.5. The van der Waals surface area contributed by atoms with Crippen LogP contribution in [0.4, 0.5) is 5.69 Å². The Kier molecular flexibility index (Phi) is 5.90. The molecule has 30 heavy (non-hydrogen) atoms. The van der Waals surface area contributed by atoms with Gasteiger partial charge in [-0.1, -0.05) is 23.2 Å². The van der Waals surface area contributed by atoms with Gasteiger partial charge in [-0.25, -0.2) is 4.79 Å². The van der Waals surface area contributed by atoms with Crippen LogP contribution >= 0.6 is 34.5 Å². The van der Waals surface area contributed by atoms with Crippen molar-refractivity contribution in [1.29, 1.82) is 0 Å². The molecule has 156 valence electrons. The molecule has 2 aromatic carbocycles. The molecular formula is C20H15Cl2NO6S. The molecule has 1 aliphatic heterocycles. The Bertz CT molecular complexity index is 1150. The molecule has 10 heteroatoms. The molecule has 1 aromatic heterocycles. The van der Waals surface area contributed by atoms with E-state index < -0.39 is 18.5 Å². The smallest absolute Gasteiger partial charge is 0.350 e. The number of esters is 1. The van der Waals surface area contributed by atoms with Crippen LogP contribution in [-0.2, 0) is 9.53 Å². The maximum absolute atomic E-state index is 12.5. The summed E-state index contributed by atoms with van der Waals surface area (Å²) in [7, 11) is 1.50. The molecule has 0 spiro atoms. The molecule has 0 radical (unpaired) electrons. The van der Waals surface area contributed by atoms with E-state index >= 15 is 0 Å². The Morgan fingerprint density at radius 2 is 1.87 bits per heavy atom. The van der Waals surface area contributed by atoms with Gasteiger partial charge < -0.3 is 24.3 Å². The Morgan fingerprint density at radius 1 is 1.10 bits per heavy atom. The molecule has 1 amide bonds. The number of nitrogens with one attached hydrogen (secondary N) is 1. The molecule has 0 aliphatic carbocycles. The summed E-state index contributed by atoms with van der Waals surface area (Å²) in [5, 5.41) is 3.83. The second-order valence-electron chi connectivity index (χ2n) is 6.19. The zero-order valence-corrected chi connectivity index (χ0v) is 18.0. The van der Waals surface area contributed by atoms with E-state index in [0.717, 1.165) is 11.3 Å². The molecule has 0 atom stereocenters. The highest BCUT2D eigenvalue weighted by Crippen LogP contribution is 2.43. The van der Waals surface area contributed by atoms with Crippen LogP contribution in [-0.4, -0.2) is 38.8 Å². The third kappa shape index (κ3) is 3.98. The lowest BCUT2D eigenvalue weighted by Gasteiger charge is -2.19. The number of anilines is 1. The van der Waals surface area contributed by atoms with Gasteiger partial charge in [0.05, 0.1) is 16.8 Å². The second-order valence-corrected chi connectivity index (χ2v) is 7.96. The molecule has 1 aliphatic rings. The molecule has 2 heterocycles. The molecule has 7 nitrogen and oxygen atoms in total. The molecule has 3 aromatic rings. The van der Waals surface area contributed by atoms with Gasteiger partial charge in [0.1, 0.15) is 28.9 Å². The fraction of sp³-hybridized carbons (Fsp3) is 0.200. The SMILES string of the molecule is COc1ccc2c(Cl)c(C(=O)OCC(=O)Nc3ccc4c(c3)OCCO4)sc2c1Cl. The first-order valence-electron chi connectivity index (χ1n) is 8.79. The van der Waals surface area contributed by atoms with Crippen LogP contribution in [0.1, 0.15) is 9.67 Å². The summed E-state index contributed by atoms with van der Waals surface area (Å²) < 4.78 is 21.8. The fourth-order valence-corrected chi connectivity index (χ4v) is 4.66. The number of carbonyl (C=O) groups excluding carboxylic acids is 2. The van der Waals surface area contributed by atoms with Crippen molar-refractivity contribution < 1.29 is 28.5 Å². The zero-order valence-electron chi connectivity index (χ0n) is 15.6. The van der Waals surface area contributed by atoms with Crippen molar-refractivity contribution in [3.8, 4) is 17.2 Å². The lowest BCUT2D eigenvalue weighted by Crippen LogP contribution is -2.21. The first-order valence-corrected chi connectivity index (χ1v) is 10.4. The van der Waals surface area contributed by atoms with Crippen molar-refractivity contribution in [2.75, 3.05) is 32.2 Å². The van der Waals surface area contributed by atoms with E-state index in [0.29, 0.717) is 51.3 Å². The lowest BCUT2D eigenvalue weighted by molar-refractivity contribution is -0.119. The number of benzene rings is 2. The monoisotopic (exact) mass is 467 g/mol. The highest BCUT2D eigenvalue weighted by Gasteiger charge is 2.22. The van der Waals surface area contributed by atoms with Crippen molar-refractivity contribution in [2.45, 2.75) is 0 Å². The van der Waals surface area contributed by atoms with Crippen LogP contribution in [0.15, 0.2) is 30.3 Å². The molecule has 0 saturated carbocycles. The van der Waals surface area contributed by atoms with Gasteiger partial charge >= 0.3 is 5.97 Å². The fourth-order valence-electron chi connectivity index (χ4n) is 2.88. The Labute approximate surface area is 185 Å². The van der Waals surface area contributed by atoms with Crippen molar-refractivity contribution in [3.63, 3.8) is 0 Å². The summed E-state index contributed by atoms with van der Waals surface area (Å²) in [6, 6.07) is 8.40. The summed E-state index contributed by atoms with van der Waals surface area (Å²) >= 11 is 13.7. The standard InChI is InChI=1S/C20H15Cl2NO6S/c1-26-13-5-3-11-16(21)19(30-18(11)17(13)22)20(25)29-9-15(24)23-10-2-4-12-14(8-10)28-7-6-27-12/h2-5,8H,6-7,9H2,1H3,(H,23,24). The van der Waals surface area contributed by atoms with Gasteiger partial charge in [-0.15, -0.1) is 11.3 Å². The predicted octanol–water partition coefficient (Wildman–Crippen LogP) is 4.78. The minimum atomic E-state index is -0.714. The van der Waals surface area contributed by atoms with E-state index in [9.17, 15) is 9.59 Å². The Morgan fingerprint density at radius 3 is 2.63 bits per heavy atom. The maximum Gasteiger partial charge on any atom is 0.350 e. The van der Waals surface area contributed by atoms with Crippen molar-refractivity contribution in [3.05, 3.63) is 45.3 Å². The molecular weight excluding hydrogens is 453 g/mol. The minimum Gasteiger partial charge on any atom is -0.495 e. The first kappa shape index (κ1) is 20.6. The minimum absolute atomic E-state index is 0.161. The number of hydrogen-bond acceptors (Lipinski definition) is 7. The third-order valence-electron chi connectivity index (χ3n) is 4.27. The van der Waals surface area contributed by atoms with Gasteiger partial charge in [0, 0.05) is 17.1 Å². The normalized spacial score (nSPS) is 12.5. The summed E-state index contributed by atoms with van der Waals surface area (Å²) in [5.74, 6) is 0.409. The number of carbonyl (C=O) groups is 2. The molecule has 1 N–H and O–H groups in total. The van der Waals surface area contributed by atoms with E-state index in [-0.39, 0.29) is 9.90 Å². The highest BCUT2D eigenvalue weighted by atomic mass is 35.5. The van der Waals surface area contributed by atoms with Gasteiger partial charge in [0.2, 0.25) is 0 Å².